The number of carbonyl (C=O) groups excluding carboxylic acids is 1. The van der Waals surface area contributed by atoms with Crippen molar-refractivity contribution in [2.24, 2.45) is 11.8 Å². The van der Waals surface area contributed by atoms with Gasteiger partial charge in [0, 0.05) is 7.11 Å². The quantitative estimate of drug-likeness (QED) is 0.677. The third-order valence-corrected chi connectivity index (χ3v) is 2.96. The van der Waals surface area contributed by atoms with E-state index < -0.39 is 11.5 Å². The molecule has 0 rings (SSSR count). The molecule has 16 heavy (non-hydrogen) atoms. The molecular weight excluding hydrogens is 208 g/mol. The Hall–Kier alpha value is -0.610. The van der Waals surface area contributed by atoms with Gasteiger partial charge in [0.05, 0.1) is 19.1 Å². The minimum atomic E-state index is -1.16. The third-order valence-electron chi connectivity index (χ3n) is 2.96. The average molecular weight is 232 g/mol. The van der Waals surface area contributed by atoms with Gasteiger partial charge in [-0.2, -0.15) is 0 Å². The number of rotatable bonds is 7. The number of hydrogen-bond donors (Lipinski definition) is 1. The van der Waals surface area contributed by atoms with E-state index in [4.69, 9.17) is 9.47 Å². The van der Waals surface area contributed by atoms with E-state index >= 15 is 0 Å². The summed E-state index contributed by atoms with van der Waals surface area (Å²) in [6.07, 6.45) is 0.539. The van der Waals surface area contributed by atoms with Crippen LogP contribution < -0.4 is 0 Å². The molecule has 0 aromatic rings. The van der Waals surface area contributed by atoms with Crippen LogP contribution in [0.5, 0.6) is 0 Å². The van der Waals surface area contributed by atoms with Crippen LogP contribution in [0.3, 0.4) is 0 Å². The van der Waals surface area contributed by atoms with E-state index in [0.29, 0.717) is 13.0 Å². The van der Waals surface area contributed by atoms with Gasteiger partial charge in [-0.05, 0) is 19.3 Å². The van der Waals surface area contributed by atoms with E-state index in [0.717, 1.165) is 0 Å². The molecule has 0 fully saturated rings. The molecule has 0 aromatic carbocycles. The van der Waals surface area contributed by atoms with Crippen LogP contribution in [0.15, 0.2) is 0 Å². The highest BCUT2D eigenvalue weighted by atomic mass is 16.5. The minimum absolute atomic E-state index is 0.0678. The van der Waals surface area contributed by atoms with Crippen LogP contribution in [-0.2, 0) is 14.3 Å². The molecule has 0 radical (unpaired) electrons. The predicted molar refractivity (Wildman–Crippen MR) is 62.1 cm³/mol. The molecule has 4 heteroatoms. The Labute approximate surface area is 97.9 Å². The zero-order chi connectivity index (χ0) is 12.8. The fraction of sp³-hybridized carbons (Fsp3) is 0.917. The fourth-order valence-corrected chi connectivity index (χ4v) is 1.87. The fourth-order valence-electron chi connectivity index (χ4n) is 1.87. The maximum atomic E-state index is 11.8. The first-order chi connectivity index (χ1) is 7.43. The van der Waals surface area contributed by atoms with Crippen molar-refractivity contribution in [1.82, 2.24) is 0 Å². The van der Waals surface area contributed by atoms with Gasteiger partial charge in [-0.3, -0.25) is 4.79 Å². The van der Waals surface area contributed by atoms with Gasteiger partial charge < -0.3 is 14.6 Å². The van der Waals surface area contributed by atoms with Crippen LogP contribution >= 0.6 is 0 Å². The summed E-state index contributed by atoms with van der Waals surface area (Å²) >= 11 is 0. The summed E-state index contributed by atoms with van der Waals surface area (Å²) in [6.45, 7) is 7.85. The standard InChI is InChI=1S/C12H24O4/c1-6-10(11(13)16-7-2)12(14,8-15-5)9(3)4/h9-10,14H,6-8H2,1-5H3. The Morgan fingerprint density at radius 1 is 1.38 bits per heavy atom. The van der Waals surface area contributed by atoms with Crippen molar-refractivity contribution in [3.63, 3.8) is 0 Å². The Kier molecular flexibility index (Phi) is 6.60. The van der Waals surface area contributed by atoms with Gasteiger partial charge in [-0.15, -0.1) is 0 Å². The zero-order valence-corrected chi connectivity index (χ0v) is 10.9. The van der Waals surface area contributed by atoms with Crippen molar-refractivity contribution in [3.05, 3.63) is 0 Å². The molecule has 0 aliphatic heterocycles. The molecule has 2 atom stereocenters. The second-order valence-corrected chi connectivity index (χ2v) is 4.29. The molecule has 96 valence electrons. The summed E-state index contributed by atoms with van der Waals surface area (Å²) in [5, 5.41) is 10.5. The first-order valence-corrected chi connectivity index (χ1v) is 5.81. The van der Waals surface area contributed by atoms with Gasteiger partial charge in [0.1, 0.15) is 5.60 Å². The molecule has 0 aliphatic carbocycles. The van der Waals surface area contributed by atoms with E-state index in [1.54, 1.807) is 6.92 Å². The lowest BCUT2D eigenvalue weighted by Crippen LogP contribution is -2.50. The normalized spacial score (nSPS) is 16.9. The molecule has 0 saturated heterocycles. The number of methoxy groups -OCH3 is 1. The maximum absolute atomic E-state index is 11.8. The van der Waals surface area contributed by atoms with Gasteiger partial charge in [-0.25, -0.2) is 0 Å². The van der Waals surface area contributed by atoms with E-state index in [2.05, 4.69) is 0 Å². The molecule has 0 amide bonds. The van der Waals surface area contributed by atoms with Crippen molar-refractivity contribution in [1.29, 1.82) is 0 Å². The molecule has 4 nitrogen and oxygen atoms in total. The molecular formula is C12H24O4. The zero-order valence-electron chi connectivity index (χ0n) is 10.9. The van der Waals surface area contributed by atoms with Gasteiger partial charge >= 0.3 is 5.97 Å². The molecule has 2 unspecified atom stereocenters. The number of hydrogen-bond acceptors (Lipinski definition) is 4. The summed E-state index contributed by atoms with van der Waals surface area (Å²) in [5.74, 6) is -0.951. The lowest BCUT2D eigenvalue weighted by molar-refractivity contribution is -0.169. The number of carbonyl (C=O) groups is 1. The summed E-state index contributed by atoms with van der Waals surface area (Å²) in [6, 6.07) is 0. The van der Waals surface area contributed by atoms with Crippen LogP contribution in [-0.4, -0.2) is 37.0 Å². The lowest BCUT2D eigenvalue weighted by atomic mass is 9.77. The first-order valence-electron chi connectivity index (χ1n) is 5.81. The maximum Gasteiger partial charge on any atom is 0.311 e. The van der Waals surface area contributed by atoms with Gasteiger partial charge in [0.2, 0.25) is 0 Å². The van der Waals surface area contributed by atoms with E-state index in [1.165, 1.54) is 7.11 Å². The van der Waals surface area contributed by atoms with Gasteiger partial charge in [0.15, 0.2) is 0 Å². The largest absolute Gasteiger partial charge is 0.466 e. The highest BCUT2D eigenvalue weighted by molar-refractivity contribution is 5.74. The van der Waals surface area contributed by atoms with Gasteiger partial charge in [-0.1, -0.05) is 20.8 Å². The number of ether oxygens (including phenoxy) is 2. The van der Waals surface area contributed by atoms with E-state index in [9.17, 15) is 9.90 Å². The summed E-state index contributed by atoms with van der Waals surface area (Å²) in [4.78, 5) is 11.8. The van der Waals surface area contributed by atoms with E-state index in [-0.39, 0.29) is 18.5 Å². The van der Waals surface area contributed by atoms with Crippen molar-refractivity contribution < 1.29 is 19.4 Å². The van der Waals surface area contributed by atoms with Crippen LogP contribution in [0.25, 0.3) is 0 Å². The van der Waals surface area contributed by atoms with Crippen molar-refractivity contribution in [2.75, 3.05) is 20.3 Å². The predicted octanol–water partition coefficient (Wildman–Crippen LogP) is 1.61. The topological polar surface area (TPSA) is 55.8 Å². The summed E-state index contributed by atoms with van der Waals surface area (Å²) in [7, 11) is 1.52. The molecule has 0 aromatic heterocycles. The summed E-state index contributed by atoms with van der Waals surface area (Å²) in [5.41, 5.74) is -1.16. The molecule has 0 spiro atoms. The van der Waals surface area contributed by atoms with E-state index in [1.807, 2.05) is 20.8 Å². The minimum Gasteiger partial charge on any atom is -0.466 e. The highest BCUT2D eigenvalue weighted by Crippen LogP contribution is 2.30. The third kappa shape index (κ3) is 3.46. The second-order valence-electron chi connectivity index (χ2n) is 4.29. The Morgan fingerprint density at radius 2 is 1.94 bits per heavy atom. The van der Waals surface area contributed by atoms with Crippen molar-refractivity contribution in [2.45, 2.75) is 39.7 Å². The number of esters is 1. The van der Waals surface area contributed by atoms with Crippen molar-refractivity contribution >= 4 is 5.97 Å². The molecule has 0 aliphatic rings. The van der Waals surface area contributed by atoms with Crippen LogP contribution in [0, 0.1) is 11.8 Å². The molecule has 0 bridgehead atoms. The van der Waals surface area contributed by atoms with Crippen LogP contribution in [0.2, 0.25) is 0 Å². The number of aliphatic hydroxyl groups is 1. The lowest BCUT2D eigenvalue weighted by Gasteiger charge is -2.37. The summed E-state index contributed by atoms with van der Waals surface area (Å²) < 4.78 is 10.0. The van der Waals surface area contributed by atoms with Crippen molar-refractivity contribution in [3.8, 4) is 0 Å². The molecule has 0 saturated carbocycles. The van der Waals surface area contributed by atoms with Gasteiger partial charge in [0.25, 0.3) is 0 Å². The monoisotopic (exact) mass is 232 g/mol. The van der Waals surface area contributed by atoms with Crippen LogP contribution in [0.1, 0.15) is 34.1 Å². The molecule has 1 N–H and O–H groups in total. The smallest absolute Gasteiger partial charge is 0.311 e. The second kappa shape index (κ2) is 6.86. The highest BCUT2D eigenvalue weighted by Gasteiger charge is 2.43. The Bertz CT molecular complexity index is 215. The average Bonchev–Trinajstić information content (AvgIpc) is 2.19. The first kappa shape index (κ1) is 15.4. The van der Waals surface area contributed by atoms with Crippen LogP contribution in [0.4, 0.5) is 0 Å². The SMILES string of the molecule is CCOC(=O)C(CC)C(O)(COC)C(C)C. The molecule has 0 heterocycles. The Balaban J connectivity index is 4.91. The Morgan fingerprint density at radius 3 is 2.25 bits per heavy atom.